The third-order valence-corrected chi connectivity index (χ3v) is 5.82. The van der Waals surface area contributed by atoms with Crippen LogP contribution >= 0.6 is 23.2 Å². The number of anilines is 2. The smallest absolute Gasteiger partial charge is 0.338 e. The Morgan fingerprint density at radius 1 is 0.912 bits per heavy atom. The molecular formula is C25H18Cl2N2O5. The highest BCUT2D eigenvalue weighted by molar-refractivity contribution is 6.37. The third kappa shape index (κ3) is 4.53. The van der Waals surface area contributed by atoms with Crippen LogP contribution in [-0.4, -0.2) is 30.3 Å². The summed E-state index contributed by atoms with van der Waals surface area (Å²) in [6.45, 7) is 3.10. The van der Waals surface area contributed by atoms with Gasteiger partial charge < -0.3 is 10.1 Å². The van der Waals surface area contributed by atoms with Crippen molar-refractivity contribution in [3.63, 3.8) is 0 Å². The molecule has 1 heterocycles. The number of carbonyl (C=O) groups is 4. The molecule has 34 heavy (non-hydrogen) atoms. The number of hydrogen-bond acceptors (Lipinski definition) is 5. The van der Waals surface area contributed by atoms with Gasteiger partial charge in [0.15, 0.2) is 6.61 Å². The summed E-state index contributed by atoms with van der Waals surface area (Å²) in [4.78, 5) is 51.7. The van der Waals surface area contributed by atoms with Gasteiger partial charge in [0, 0.05) is 5.02 Å². The van der Waals surface area contributed by atoms with E-state index in [0.29, 0.717) is 16.4 Å². The lowest BCUT2D eigenvalue weighted by atomic mass is 10.1. The Balaban J connectivity index is 1.47. The molecule has 7 nitrogen and oxygen atoms in total. The predicted molar refractivity (Wildman–Crippen MR) is 129 cm³/mol. The highest BCUT2D eigenvalue weighted by atomic mass is 35.5. The van der Waals surface area contributed by atoms with Crippen LogP contribution in [-0.2, 0) is 9.53 Å². The van der Waals surface area contributed by atoms with Gasteiger partial charge in [-0.3, -0.25) is 14.4 Å². The number of amides is 3. The average Bonchev–Trinajstić information content (AvgIpc) is 3.05. The topological polar surface area (TPSA) is 92.8 Å². The quantitative estimate of drug-likeness (QED) is 0.386. The molecule has 0 aromatic heterocycles. The molecule has 9 heteroatoms. The number of fused-ring (bicyclic) bond motifs is 1. The highest BCUT2D eigenvalue weighted by Gasteiger charge is 2.38. The summed E-state index contributed by atoms with van der Waals surface area (Å²) in [7, 11) is 0. The Kier molecular flexibility index (Phi) is 6.41. The molecule has 0 atom stereocenters. The van der Waals surface area contributed by atoms with Crippen LogP contribution in [0.5, 0.6) is 0 Å². The van der Waals surface area contributed by atoms with Crippen molar-refractivity contribution >= 4 is 58.3 Å². The molecule has 0 bridgehead atoms. The fourth-order valence-electron chi connectivity index (χ4n) is 3.54. The zero-order chi connectivity index (χ0) is 24.6. The van der Waals surface area contributed by atoms with Gasteiger partial charge in [0.2, 0.25) is 0 Å². The van der Waals surface area contributed by atoms with E-state index in [1.54, 1.807) is 12.1 Å². The molecule has 3 aromatic rings. The minimum Gasteiger partial charge on any atom is -0.452 e. The van der Waals surface area contributed by atoms with Crippen molar-refractivity contribution in [2.24, 2.45) is 0 Å². The van der Waals surface area contributed by atoms with Gasteiger partial charge in [-0.2, -0.15) is 0 Å². The summed E-state index contributed by atoms with van der Waals surface area (Å²) < 4.78 is 5.06. The number of nitrogens with zero attached hydrogens (tertiary/aromatic N) is 1. The molecule has 0 spiro atoms. The zero-order valence-corrected chi connectivity index (χ0v) is 19.7. The predicted octanol–water partition coefficient (Wildman–Crippen LogP) is 5.21. The number of halogens is 2. The summed E-state index contributed by atoms with van der Waals surface area (Å²) in [6.07, 6.45) is 0. The van der Waals surface area contributed by atoms with Crippen molar-refractivity contribution in [1.82, 2.24) is 0 Å². The van der Waals surface area contributed by atoms with Crippen molar-refractivity contribution in [1.29, 1.82) is 0 Å². The van der Waals surface area contributed by atoms with Gasteiger partial charge >= 0.3 is 5.97 Å². The first-order valence-electron chi connectivity index (χ1n) is 10.2. The van der Waals surface area contributed by atoms with Crippen molar-refractivity contribution in [3.05, 3.63) is 92.5 Å². The van der Waals surface area contributed by atoms with Crippen molar-refractivity contribution < 1.29 is 23.9 Å². The molecule has 0 radical (unpaired) electrons. The Hall–Kier alpha value is -3.68. The van der Waals surface area contributed by atoms with E-state index in [9.17, 15) is 19.2 Å². The number of benzene rings is 3. The summed E-state index contributed by atoms with van der Waals surface area (Å²) in [6, 6.07) is 14.1. The van der Waals surface area contributed by atoms with E-state index in [1.807, 2.05) is 26.0 Å². The first kappa shape index (κ1) is 23.5. The van der Waals surface area contributed by atoms with Gasteiger partial charge in [-0.05, 0) is 67.4 Å². The van der Waals surface area contributed by atoms with Crippen molar-refractivity contribution in [3.8, 4) is 0 Å². The second-order valence-electron chi connectivity index (χ2n) is 7.74. The molecule has 0 fully saturated rings. The lowest BCUT2D eigenvalue weighted by molar-refractivity contribution is -0.119. The molecule has 0 saturated carbocycles. The molecule has 172 valence electrons. The van der Waals surface area contributed by atoms with E-state index in [1.165, 1.54) is 30.3 Å². The molecule has 4 rings (SSSR count). The van der Waals surface area contributed by atoms with Crippen LogP contribution in [0.15, 0.2) is 54.6 Å². The first-order valence-corrected chi connectivity index (χ1v) is 10.9. The lowest BCUT2D eigenvalue weighted by Gasteiger charge is -2.17. The number of nitrogens with one attached hydrogen (secondary N) is 1. The van der Waals surface area contributed by atoms with E-state index >= 15 is 0 Å². The van der Waals surface area contributed by atoms with E-state index in [2.05, 4.69) is 5.32 Å². The molecule has 0 saturated heterocycles. The molecule has 3 amide bonds. The van der Waals surface area contributed by atoms with Gasteiger partial charge in [-0.15, -0.1) is 0 Å². The van der Waals surface area contributed by atoms with E-state index in [4.69, 9.17) is 27.9 Å². The fraction of sp³-hybridized carbons (Fsp3) is 0.120. The van der Waals surface area contributed by atoms with Gasteiger partial charge in [-0.1, -0.05) is 35.3 Å². The molecule has 0 aliphatic carbocycles. The zero-order valence-electron chi connectivity index (χ0n) is 18.1. The number of esters is 1. The Labute approximate surface area is 205 Å². The molecule has 0 unspecified atom stereocenters. The van der Waals surface area contributed by atoms with E-state index in [-0.39, 0.29) is 21.7 Å². The largest absolute Gasteiger partial charge is 0.452 e. The van der Waals surface area contributed by atoms with Crippen LogP contribution in [0.25, 0.3) is 0 Å². The normalized spacial score (nSPS) is 12.5. The molecule has 1 aliphatic heterocycles. The Bertz CT molecular complexity index is 1370. The number of imide groups is 1. The third-order valence-electron chi connectivity index (χ3n) is 5.27. The van der Waals surface area contributed by atoms with Gasteiger partial charge in [0.1, 0.15) is 0 Å². The van der Waals surface area contributed by atoms with E-state index in [0.717, 1.165) is 16.0 Å². The van der Waals surface area contributed by atoms with Crippen LogP contribution in [0.2, 0.25) is 10.0 Å². The second-order valence-corrected chi connectivity index (χ2v) is 8.59. The number of aryl methyl sites for hydroxylation is 2. The van der Waals surface area contributed by atoms with Gasteiger partial charge in [-0.25, -0.2) is 9.69 Å². The molecule has 1 N–H and O–H groups in total. The summed E-state index contributed by atoms with van der Waals surface area (Å²) in [5.41, 5.74) is 2.81. The van der Waals surface area contributed by atoms with Gasteiger partial charge in [0.25, 0.3) is 17.7 Å². The second kappa shape index (κ2) is 9.29. The van der Waals surface area contributed by atoms with E-state index < -0.39 is 30.3 Å². The van der Waals surface area contributed by atoms with Gasteiger partial charge in [0.05, 0.1) is 33.1 Å². The minimum atomic E-state index is -0.814. The minimum absolute atomic E-state index is 0.0417. The van der Waals surface area contributed by atoms with Crippen molar-refractivity contribution in [2.45, 2.75) is 13.8 Å². The number of carbonyl (C=O) groups excluding carboxylic acids is 4. The number of rotatable bonds is 5. The van der Waals surface area contributed by atoms with Crippen LogP contribution in [0.1, 0.15) is 42.2 Å². The lowest BCUT2D eigenvalue weighted by Crippen LogP contribution is -2.30. The maximum absolute atomic E-state index is 13.0. The van der Waals surface area contributed by atoms with Crippen LogP contribution in [0.4, 0.5) is 11.4 Å². The standard InChI is InChI=1S/C25H18Cl2N2O5/c1-13-3-4-14(2)21(9-13)29-23(31)17-7-5-15(10-18(17)24(29)32)25(33)34-12-22(30)28-20-8-6-16(26)11-19(20)27/h3-11H,12H2,1-2H3,(H,28,30). The van der Waals surface area contributed by atoms with Crippen LogP contribution in [0, 0.1) is 13.8 Å². The number of ether oxygens (including phenoxy) is 1. The Morgan fingerprint density at radius 3 is 2.38 bits per heavy atom. The highest BCUT2D eigenvalue weighted by Crippen LogP contribution is 2.32. The number of hydrogen-bond donors (Lipinski definition) is 1. The molecular weight excluding hydrogens is 479 g/mol. The SMILES string of the molecule is Cc1ccc(C)c(N2C(=O)c3ccc(C(=O)OCC(=O)Nc4ccc(Cl)cc4Cl)cc3C2=O)c1. The Morgan fingerprint density at radius 2 is 1.65 bits per heavy atom. The van der Waals surface area contributed by atoms with Crippen LogP contribution < -0.4 is 10.2 Å². The van der Waals surface area contributed by atoms with Crippen LogP contribution in [0.3, 0.4) is 0 Å². The molecule has 1 aliphatic rings. The maximum atomic E-state index is 13.0. The summed E-state index contributed by atoms with van der Waals surface area (Å²) >= 11 is 11.8. The summed E-state index contributed by atoms with van der Waals surface area (Å²) in [5, 5.41) is 3.17. The molecule has 3 aromatic carbocycles. The maximum Gasteiger partial charge on any atom is 0.338 e. The average molecular weight is 497 g/mol. The fourth-order valence-corrected chi connectivity index (χ4v) is 3.99. The monoisotopic (exact) mass is 496 g/mol. The first-order chi connectivity index (χ1) is 16.2. The van der Waals surface area contributed by atoms with Crippen molar-refractivity contribution in [2.75, 3.05) is 16.8 Å². The summed E-state index contributed by atoms with van der Waals surface area (Å²) in [5.74, 6) is -2.41.